The zero-order valence-electron chi connectivity index (χ0n) is 11.9. The average Bonchev–Trinajstić information content (AvgIpc) is 2.88. The molecule has 1 aromatic heterocycles. The molecular formula is C14H24N4O. The zero-order valence-corrected chi connectivity index (χ0v) is 11.9. The van der Waals surface area contributed by atoms with Gasteiger partial charge < -0.3 is 15.3 Å². The molecule has 2 heterocycles. The zero-order chi connectivity index (χ0) is 13.7. The topological polar surface area (TPSA) is 61.3 Å². The van der Waals surface area contributed by atoms with E-state index >= 15 is 0 Å². The Hall–Kier alpha value is -1.36. The van der Waals surface area contributed by atoms with Crippen LogP contribution in [0.5, 0.6) is 0 Å². The fourth-order valence-corrected chi connectivity index (χ4v) is 2.76. The minimum absolute atomic E-state index is 0.283. The van der Waals surface area contributed by atoms with Crippen LogP contribution in [-0.2, 0) is 6.42 Å². The Balaban J connectivity index is 2.18. The van der Waals surface area contributed by atoms with Crippen LogP contribution in [0.2, 0.25) is 0 Å². The first kappa shape index (κ1) is 14.1. The van der Waals surface area contributed by atoms with Crippen LogP contribution in [0.4, 0.5) is 11.6 Å². The van der Waals surface area contributed by atoms with Gasteiger partial charge in [0, 0.05) is 31.8 Å². The van der Waals surface area contributed by atoms with Gasteiger partial charge in [0.25, 0.3) is 0 Å². The van der Waals surface area contributed by atoms with E-state index in [1.165, 1.54) is 5.56 Å². The third-order valence-corrected chi connectivity index (χ3v) is 3.74. The molecule has 1 fully saturated rings. The Morgan fingerprint density at radius 1 is 1.42 bits per heavy atom. The maximum Gasteiger partial charge on any atom is 0.137 e. The average molecular weight is 264 g/mol. The number of aliphatic hydroxyl groups excluding tert-OH is 1. The Kier molecular flexibility index (Phi) is 4.96. The first-order valence-corrected chi connectivity index (χ1v) is 7.23. The van der Waals surface area contributed by atoms with Crippen LogP contribution in [0.25, 0.3) is 0 Å². The fourth-order valence-electron chi connectivity index (χ4n) is 2.76. The second-order valence-electron chi connectivity index (χ2n) is 5.02. The lowest BCUT2D eigenvalue weighted by Gasteiger charge is -2.21. The molecule has 1 saturated heterocycles. The van der Waals surface area contributed by atoms with Crippen molar-refractivity contribution < 1.29 is 5.11 Å². The smallest absolute Gasteiger partial charge is 0.137 e. The maximum atomic E-state index is 9.04. The molecule has 1 aromatic rings. The minimum atomic E-state index is 0.283. The van der Waals surface area contributed by atoms with Crippen LogP contribution in [0.3, 0.4) is 0 Å². The SMILES string of the molecule is CCNc1ncnc(N2CCC(CCO)C2)c1CC. The van der Waals surface area contributed by atoms with E-state index in [-0.39, 0.29) is 6.61 Å². The number of hydrogen-bond donors (Lipinski definition) is 2. The van der Waals surface area contributed by atoms with Crippen LogP contribution in [0, 0.1) is 5.92 Å². The predicted molar refractivity (Wildman–Crippen MR) is 77.6 cm³/mol. The van der Waals surface area contributed by atoms with E-state index in [1.807, 2.05) is 0 Å². The Morgan fingerprint density at radius 3 is 2.95 bits per heavy atom. The number of nitrogens with zero attached hydrogens (tertiary/aromatic N) is 3. The van der Waals surface area contributed by atoms with Gasteiger partial charge in [-0.3, -0.25) is 0 Å². The van der Waals surface area contributed by atoms with Crippen LogP contribution < -0.4 is 10.2 Å². The van der Waals surface area contributed by atoms with E-state index in [1.54, 1.807) is 6.33 Å². The summed E-state index contributed by atoms with van der Waals surface area (Å²) in [6.07, 6.45) is 4.61. The molecule has 1 unspecified atom stereocenters. The van der Waals surface area contributed by atoms with E-state index in [2.05, 4.69) is 34.0 Å². The minimum Gasteiger partial charge on any atom is -0.396 e. The molecule has 1 atom stereocenters. The molecule has 0 aromatic carbocycles. The molecule has 0 spiro atoms. The van der Waals surface area contributed by atoms with Crippen LogP contribution >= 0.6 is 0 Å². The highest BCUT2D eigenvalue weighted by molar-refractivity contribution is 5.59. The third kappa shape index (κ3) is 3.15. The molecule has 106 valence electrons. The van der Waals surface area contributed by atoms with E-state index in [0.29, 0.717) is 5.92 Å². The van der Waals surface area contributed by atoms with Gasteiger partial charge in [0.1, 0.15) is 18.0 Å². The molecule has 1 aliphatic heterocycles. The first-order chi connectivity index (χ1) is 9.30. The van der Waals surface area contributed by atoms with Crippen molar-refractivity contribution in [3.8, 4) is 0 Å². The van der Waals surface area contributed by atoms with Crippen molar-refractivity contribution in [2.45, 2.75) is 33.1 Å². The Bertz CT molecular complexity index is 410. The highest BCUT2D eigenvalue weighted by atomic mass is 16.3. The van der Waals surface area contributed by atoms with Gasteiger partial charge in [-0.05, 0) is 32.1 Å². The van der Waals surface area contributed by atoms with Gasteiger partial charge in [0.15, 0.2) is 0 Å². The third-order valence-electron chi connectivity index (χ3n) is 3.74. The molecule has 0 amide bonds. The summed E-state index contributed by atoms with van der Waals surface area (Å²) in [4.78, 5) is 11.2. The van der Waals surface area contributed by atoms with Gasteiger partial charge in [-0.2, -0.15) is 0 Å². The largest absolute Gasteiger partial charge is 0.396 e. The second kappa shape index (κ2) is 6.70. The summed E-state index contributed by atoms with van der Waals surface area (Å²) < 4.78 is 0. The van der Waals surface area contributed by atoms with Crippen LogP contribution in [0.1, 0.15) is 32.3 Å². The molecule has 0 radical (unpaired) electrons. The number of aliphatic hydroxyl groups is 1. The summed E-state index contributed by atoms with van der Waals surface area (Å²) in [6, 6.07) is 0. The molecular weight excluding hydrogens is 240 g/mol. The van der Waals surface area contributed by atoms with Crippen molar-refractivity contribution in [3.63, 3.8) is 0 Å². The van der Waals surface area contributed by atoms with Crippen molar-refractivity contribution in [2.75, 3.05) is 36.5 Å². The van der Waals surface area contributed by atoms with Gasteiger partial charge in [0.2, 0.25) is 0 Å². The standard InChI is InChI=1S/C14H24N4O/c1-3-12-13(15-4-2)16-10-17-14(12)18-7-5-11(9-18)6-8-19/h10-11,19H,3-9H2,1-2H3,(H,15,16,17). The Labute approximate surface area is 115 Å². The van der Waals surface area contributed by atoms with E-state index < -0.39 is 0 Å². The normalized spacial score (nSPS) is 18.9. The second-order valence-corrected chi connectivity index (χ2v) is 5.02. The van der Waals surface area contributed by atoms with Gasteiger partial charge in [0.05, 0.1) is 0 Å². The van der Waals surface area contributed by atoms with E-state index in [9.17, 15) is 0 Å². The predicted octanol–water partition coefficient (Wildman–Crippen LogP) is 1.68. The summed E-state index contributed by atoms with van der Waals surface area (Å²) in [5.41, 5.74) is 1.20. The summed E-state index contributed by atoms with van der Waals surface area (Å²) >= 11 is 0. The van der Waals surface area contributed by atoms with Crippen molar-refractivity contribution in [2.24, 2.45) is 5.92 Å². The van der Waals surface area contributed by atoms with Crippen molar-refractivity contribution in [3.05, 3.63) is 11.9 Å². The molecule has 1 aliphatic rings. The summed E-state index contributed by atoms with van der Waals surface area (Å²) in [5.74, 6) is 2.61. The molecule has 0 aliphatic carbocycles. The molecule has 19 heavy (non-hydrogen) atoms. The monoisotopic (exact) mass is 264 g/mol. The molecule has 5 heteroatoms. The number of nitrogens with one attached hydrogen (secondary N) is 1. The van der Waals surface area contributed by atoms with Crippen molar-refractivity contribution in [1.29, 1.82) is 0 Å². The molecule has 0 saturated carbocycles. The number of anilines is 2. The number of hydrogen-bond acceptors (Lipinski definition) is 5. The van der Waals surface area contributed by atoms with E-state index in [4.69, 9.17) is 5.11 Å². The molecule has 0 bridgehead atoms. The maximum absolute atomic E-state index is 9.04. The van der Waals surface area contributed by atoms with Gasteiger partial charge >= 0.3 is 0 Å². The van der Waals surface area contributed by atoms with E-state index in [0.717, 1.165) is 50.5 Å². The summed E-state index contributed by atoms with van der Waals surface area (Å²) in [6.45, 7) is 7.40. The highest BCUT2D eigenvalue weighted by Gasteiger charge is 2.25. The number of aromatic nitrogens is 2. The molecule has 5 nitrogen and oxygen atoms in total. The fraction of sp³-hybridized carbons (Fsp3) is 0.714. The molecule has 2 rings (SSSR count). The van der Waals surface area contributed by atoms with Crippen LogP contribution in [-0.4, -0.2) is 41.3 Å². The lowest BCUT2D eigenvalue weighted by Crippen LogP contribution is -2.23. The van der Waals surface area contributed by atoms with Crippen molar-refractivity contribution in [1.82, 2.24) is 9.97 Å². The number of rotatable bonds is 6. The first-order valence-electron chi connectivity index (χ1n) is 7.23. The highest BCUT2D eigenvalue weighted by Crippen LogP contribution is 2.29. The molecule has 2 N–H and O–H groups in total. The quantitative estimate of drug-likeness (QED) is 0.818. The van der Waals surface area contributed by atoms with Gasteiger partial charge in [-0.1, -0.05) is 6.92 Å². The summed E-state index contributed by atoms with van der Waals surface area (Å²) in [5, 5.41) is 12.4. The Morgan fingerprint density at radius 2 is 2.26 bits per heavy atom. The van der Waals surface area contributed by atoms with Gasteiger partial charge in [-0.25, -0.2) is 9.97 Å². The van der Waals surface area contributed by atoms with Crippen molar-refractivity contribution >= 4 is 11.6 Å². The van der Waals surface area contributed by atoms with Crippen LogP contribution in [0.15, 0.2) is 6.33 Å². The summed E-state index contributed by atoms with van der Waals surface area (Å²) in [7, 11) is 0. The lowest BCUT2D eigenvalue weighted by molar-refractivity contribution is 0.263. The lowest BCUT2D eigenvalue weighted by atomic mass is 10.1. The van der Waals surface area contributed by atoms with Gasteiger partial charge in [-0.15, -0.1) is 0 Å².